The second-order valence-electron chi connectivity index (χ2n) is 9.87. The van der Waals surface area contributed by atoms with E-state index in [1.807, 2.05) is 65.0 Å². The van der Waals surface area contributed by atoms with Crippen molar-refractivity contribution < 1.29 is 14.3 Å². The van der Waals surface area contributed by atoms with E-state index in [-0.39, 0.29) is 17.9 Å². The summed E-state index contributed by atoms with van der Waals surface area (Å²) in [6, 6.07) is 18.1. The summed E-state index contributed by atoms with van der Waals surface area (Å²) in [5.74, 6) is 1.78. The molecular formula is C29H35N3O3. The Balaban J connectivity index is 1.51. The van der Waals surface area contributed by atoms with Crippen LogP contribution >= 0.6 is 0 Å². The van der Waals surface area contributed by atoms with Gasteiger partial charge >= 0.3 is 0 Å². The van der Waals surface area contributed by atoms with Crippen LogP contribution in [0.25, 0.3) is 5.69 Å². The quantitative estimate of drug-likeness (QED) is 0.404. The van der Waals surface area contributed by atoms with Crippen molar-refractivity contribution in [2.45, 2.75) is 65.0 Å². The molecule has 184 valence electrons. The first kappa shape index (κ1) is 23.6. The minimum Gasteiger partial charge on any atom is -0.439 e. The predicted molar refractivity (Wildman–Crippen MR) is 136 cm³/mol. The predicted octanol–water partition coefficient (Wildman–Crippen LogP) is 5.98. The Morgan fingerprint density at radius 3 is 2.57 bits per heavy atom. The van der Waals surface area contributed by atoms with Crippen molar-refractivity contribution in [3.05, 3.63) is 71.4 Å². The topological polar surface area (TPSA) is 56.6 Å². The maximum absolute atomic E-state index is 13.6. The standard InChI is InChI=1S/C29H35N3O3/c1-21-10-8-15-25(18-21)35-29-27(22(2)30-32(29)24-13-4-3-5-14-24)20-31(19-26-16-9-17-34-26)28(33)23-11-6-7-12-23/h3-5,8,10,13-15,18,23,26H,6-7,9,11-12,16-17,19-20H2,1-2H3. The molecular weight excluding hydrogens is 438 g/mol. The number of rotatable bonds is 8. The van der Waals surface area contributed by atoms with E-state index in [1.54, 1.807) is 0 Å². The molecule has 2 aliphatic rings. The lowest BCUT2D eigenvalue weighted by Gasteiger charge is -2.28. The van der Waals surface area contributed by atoms with Gasteiger partial charge in [0.05, 0.1) is 29.6 Å². The third kappa shape index (κ3) is 5.43. The van der Waals surface area contributed by atoms with Gasteiger partial charge in [-0.25, -0.2) is 4.68 Å². The van der Waals surface area contributed by atoms with Crippen molar-refractivity contribution in [2.75, 3.05) is 13.2 Å². The third-order valence-corrected chi connectivity index (χ3v) is 7.16. The number of aryl methyl sites for hydroxylation is 2. The summed E-state index contributed by atoms with van der Waals surface area (Å²) in [6.45, 7) is 5.92. The molecule has 1 aromatic heterocycles. The molecule has 0 radical (unpaired) electrons. The SMILES string of the molecule is Cc1cccc(Oc2c(CN(CC3CCCO3)C(=O)C3CCCC3)c(C)nn2-c2ccccc2)c1. The van der Waals surface area contributed by atoms with Gasteiger partial charge in [-0.1, -0.05) is 43.2 Å². The molecule has 6 nitrogen and oxygen atoms in total. The molecule has 1 atom stereocenters. The van der Waals surface area contributed by atoms with Crippen LogP contribution in [0.15, 0.2) is 54.6 Å². The van der Waals surface area contributed by atoms with Gasteiger partial charge in [0.2, 0.25) is 11.8 Å². The zero-order valence-corrected chi connectivity index (χ0v) is 20.8. The summed E-state index contributed by atoms with van der Waals surface area (Å²) < 4.78 is 14.3. The Morgan fingerprint density at radius 1 is 1.06 bits per heavy atom. The molecule has 1 aliphatic carbocycles. The first-order chi connectivity index (χ1) is 17.1. The number of carbonyl (C=O) groups is 1. The molecule has 2 aromatic carbocycles. The number of para-hydroxylation sites is 1. The molecule has 1 amide bonds. The first-order valence-electron chi connectivity index (χ1n) is 12.9. The summed E-state index contributed by atoms with van der Waals surface area (Å²) in [6.07, 6.45) is 6.40. The van der Waals surface area contributed by atoms with Crippen LogP contribution < -0.4 is 4.74 Å². The fraction of sp³-hybridized carbons (Fsp3) is 0.448. The molecule has 35 heavy (non-hydrogen) atoms. The van der Waals surface area contributed by atoms with Gasteiger partial charge < -0.3 is 14.4 Å². The summed E-state index contributed by atoms with van der Waals surface area (Å²) >= 11 is 0. The highest BCUT2D eigenvalue weighted by atomic mass is 16.5. The number of ether oxygens (including phenoxy) is 2. The molecule has 6 heteroatoms. The van der Waals surface area contributed by atoms with Crippen LogP contribution in [-0.4, -0.2) is 39.8 Å². The van der Waals surface area contributed by atoms with Gasteiger partial charge in [-0.05, 0) is 69.4 Å². The Hall–Kier alpha value is -3.12. The Labute approximate surface area is 207 Å². The summed E-state index contributed by atoms with van der Waals surface area (Å²) in [5.41, 5.74) is 3.87. The van der Waals surface area contributed by atoms with E-state index in [0.717, 1.165) is 73.4 Å². The highest BCUT2D eigenvalue weighted by molar-refractivity contribution is 5.79. The van der Waals surface area contributed by atoms with Gasteiger partial charge in [-0.2, -0.15) is 5.10 Å². The molecule has 1 unspecified atom stereocenters. The van der Waals surface area contributed by atoms with E-state index in [2.05, 4.69) is 13.0 Å². The lowest BCUT2D eigenvalue weighted by atomic mass is 10.1. The molecule has 0 spiro atoms. The van der Waals surface area contributed by atoms with Gasteiger partial charge in [0.15, 0.2) is 0 Å². The van der Waals surface area contributed by atoms with Crippen molar-refractivity contribution in [1.29, 1.82) is 0 Å². The van der Waals surface area contributed by atoms with Crippen LogP contribution in [0.5, 0.6) is 11.6 Å². The van der Waals surface area contributed by atoms with Crippen LogP contribution in [0.3, 0.4) is 0 Å². The van der Waals surface area contributed by atoms with Gasteiger partial charge in [0.1, 0.15) is 5.75 Å². The van der Waals surface area contributed by atoms with Crippen LogP contribution in [0.1, 0.15) is 55.3 Å². The highest BCUT2D eigenvalue weighted by Crippen LogP contribution is 2.34. The normalized spacial score (nSPS) is 18.2. The van der Waals surface area contributed by atoms with Crippen molar-refractivity contribution in [2.24, 2.45) is 5.92 Å². The van der Waals surface area contributed by atoms with Crippen molar-refractivity contribution in [1.82, 2.24) is 14.7 Å². The van der Waals surface area contributed by atoms with Crippen LogP contribution in [0, 0.1) is 19.8 Å². The first-order valence-corrected chi connectivity index (χ1v) is 12.9. The monoisotopic (exact) mass is 473 g/mol. The van der Waals surface area contributed by atoms with E-state index < -0.39 is 0 Å². The lowest BCUT2D eigenvalue weighted by molar-refractivity contribution is -0.137. The van der Waals surface area contributed by atoms with Crippen molar-refractivity contribution in [3.63, 3.8) is 0 Å². The fourth-order valence-electron chi connectivity index (χ4n) is 5.25. The van der Waals surface area contributed by atoms with E-state index in [1.165, 1.54) is 0 Å². The molecule has 1 saturated heterocycles. The molecule has 3 aromatic rings. The second kappa shape index (κ2) is 10.6. The maximum Gasteiger partial charge on any atom is 0.227 e. The molecule has 1 saturated carbocycles. The number of hydrogen-bond donors (Lipinski definition) is 0. The summed E-state index contributed by atoms with van der Waals surface area (Å²) in [5, 5.41) is 4.86. The van der Waals surface area contributed by atoms with Crippen molar-refractivity contribution >= 4 is 5.91 Å². The van der Waals surface area contributed by atoms with Gasteiger partial charge in [-0.3, -0.25) is 4.79 Å². The molecule has 2 fully saturated rings. The Bertz CT molecular complexity index is 1150. The zero-order chi connectivity index (χ0) is 24.2. The fourth-order valence-corrected chi connectivity index (χ4v) is 5.25. The number of hydrogen-bond acceptors (Lipinski definition) is 4. The van der Waals surface area contributed by atoms with E-state index >= 15 is 0 Å². The summed E-state index contributed by atoms with van der Waals surface area (Å²) in [7, 11) is 0. The van der Waals surface area contributed by atoms with Gasteiger partial charge in [-0.15, -0.1) is 0 Å². The number of nitrogens with zero attached hydrogens (tertiary/aromatic N) is 3. The minimum absolute atomic E-state index is 0.103. The smallest absolute Gasteiger partial charge is 0.227 e. The highest BCUT2D eigenvalue weighted by Gasteiger charge is 2.32. The van der Waals surface area contributed by atoms with E-state index in [9.17, 15) is 4.79 Å². The average Bonchev–Trinajstić information content (AvgIpc) is 3.63. The van der Waals surface area contributed by atoms with Crippen molar-refractivity contribution in [3.8, 4) is 17.3 Å². The minimum atomic E-state index is 0.103. The van der Waals surface area contributed by atoms with E-state index in [4.69, 9.17) is 14.6 Å². The zero-order valence-electron chi connectivity index (χ0n) is 20.8. The molecule has 2 heterocycles. The number of benzene rings is 2. The van der Waals surface area contributed by atoms with Crippen LogP contribution in [0.2, 0.25) is 0 Å². The van der Waals surface area contributed by atoms with Crippen LogP contribution in [-0.2, 0) is 16.1 Å². The largest absolute Gasteiger partial charge is 0.439 e. The average molecular weight is 474 g/mol. The number of aromatic nitrogens is 2. The van der Waals surface area contributed by atoms with Gasteiger partial charge in [0, 0.05) is 19.1 Å². The molecule has 0 bridgehead atoms. The Morgan fingerprint density at radius 2 is 1.86 bits per heavy atom. The Kier molecular flexibility index (Phi) is 7.19. The maximum atomic E-state index is 13.6. The molecule has 1 aliphatic heterocycles. The molecule has 0 N–H and O–H groups in total. The summed E-state index contributed by atoms with van der Waals surface area (Å²) in [4.78, 5) is 15.7. The third-order valence-electron chi connectivity index (χ3n) is 7.16. The van der Waals surface area contributed by atoms with E-state index in [0.29, 0.717) is 19.0 Å². The lowest BCUT2D eigenvalue weighted by Crippen LogP contribution is -2.40. The van der Waals surface area contributed by atoms with Gasteiger partial charge in [0.25, 0.3) is 0 Å². The second-order valence-corrected chi connectivity index (χ2v) is 9.87. The number of amides is 1. The number of carbonyl (C=O) groups excluding carboxylic acids is 1. The molecule has 5 rings (SSSR count). The van der Waals surface area contributed by atoms with Crippen LogP contribution in [0.4, 0.5) is 0 Å².